The Kier molecular flexibility index (Phi) is 7.58. The standard InChI is InChI=1S/C16H22Cl3NO8/c1-7(21)4-5-9(22)27-12-10(20-14(24)16(17,18)19)13(23)26-8-6-25-15(2,3)28-11(8)12/h8,10-13,23H,4-6H2,1-3H3,(H,20,24)/t8-,10-,11-,12-,13-/m1/s1. The molecule has 0 saturated carbocycles. The van der Waals surface area contributed by atoms with E-state index in [1.807, 2.05) is 0 Å². The number of aliphatic hydroxyl groups excluding tert-OH is 1. The molecule has 1 amide bonds. The van der Waals surface area contributed by atoms with Gasteiger partial charge in [0.05, 0.1) is 13.0 Å². The van der Waals surface area contributed by atoms with Crippen LogP contribution in [0, 0.1) is 0 Å². The lowest BCUT2D eigenvalue weighted by Crippen LogP contribution is -2.69. The number of esters is 1. The molecule has 2 aliphatic rings. The summed E-state index contributed by atoms with van der Waals surface area (Å²) >= 11 is 16.7. The fourth-order valence-electron chi connectivity index (χ4n) is 2.86. The Hall–Kier alpha value is -0.680. The second-order valence-corrected chi connectivity index (χ2v) is 9.29. The van der Waals surface area contributed by atoms with E-state index >= 15 is 0 Å². The molecule has 0 aromatic carbocycles. The highest BCUT2D eigenvalue weighted by Gasteiger charge is 2.54. The first-order valence-electron chi connectivity index (χ1n) is 8.52. The Balaban J connectivity index is 2.25. The van der Waals surface area contributed by atoms with Crippen molar-refractivity contribution in [3.05, 3.63) is 0 Å². The van der Waals surface area contributed by atoms with Crippen molar-refractivity contribution in [2.75, 3.05) is 6.61 Å². The highest BCUT2D eigenvalue weighted by molar-refractivity contribution is 6.76. The van der Waals surface area contributed by atoms with Crippen LogP contribution in [0.4, 0.5) is 0 Å². The van der Waals surface area contributed by atoms with Crippen LogP contribution in [0.5, 0.6) is 0 Å². The first-order chi connectivity index (χ1) is 12.8. The first kappa shape index (κ1) is 23.6. The second kappa shape index (κ2) is 8.99. The number of hydrogen-bond donors (Lipinski definition) is 2. The zero-order valence-electron chi connectivity index (χ0n) is 15.4. The molecule has 28 heavy (non-hydrogen) atoms. The van der Waals surface area contributed by atoms with Crippen LogP contribution in [0.25, 0.3) is 0 Å². The van der Waals surface area contributed by atoms with Gasteiger partial charge in [-0.3, -0.25) is 9.59 Å². The van der Waals surface area contributed by atoms with Crippen LogP contribution >= 0.6 is 34.8 Å². The van der Waals surface area contributed by atoms with Crippen LogP contribution in [0.1, 0.15) is 33.6 Å². The number of carbonyl (C=O) groups excluding carboxylic acids is 3. The van der Waals surface area contributed by atoms with Crippen molar-refractivity contribution in [1.29, 1.82) is 0 Å². The Labute approximate surface area is 176 Å². The van der Waals surface area contributed by atoms with Crippen LogP contribution in [-0.4, -0.2) is 69.6 Å². The molecule has 160 valence electrons. The summed E-state index contributed by atoms with van der Waals surface area (Å²) in [5.41, 5.74) is 0. The molecule has 0 unspecified atom stereocenters. The average molecular weight is 463 g/mol. The van der Waals surface area contributed by atoms with Crippen LogP contribution in [0.15, 0.2) is 0 Å². The summed E-state index contributed by atoms with van der Waals surface area (Å²) in [4.78, 5) is 35.4. The number of fused-ring (bicyclic) bond motifs is 1. The minimum atomic E-state index is -2.31. The maximum Gasteiger partial charge on any atom is 0.306 e. The molecule has 2 heterocycles. The number of nitrogens with one attached hydrogen (secondary N) is 1. The molecular weight excluding hydrogens is 441 g/mol. The number of amides is 1. The summed E-state index contributed by atoms with van der Waals surface area (Å²) in [6.07, 6.45) is -4.60. The number of aliphatic hydroxyl groups is 1. The van der Waals surface area contributed by atoms with Gasteiger partial charge in [0, 0.05) is 6.42 Å². The minimum absolute atomic E-state index is 0.0145. The molecule has 0 bridgehead atoms. The Bertz CT molecular complexity index is 624. The lowest BCUT2D eigenvalue weighted by molar-refractivity contribution is -0.365. The predicted molar refractivity (Wildman–Crippen MR) is 97.8 cm³/mol. The summed E-state index contributed by atoms with van der Waals surface area (Å²) in [5.74, 6) is -2.97. The molecule has 0 aromatic rings. The monoisotopic (exact) mass is 461 g/mol. The number of hydrogen-bond acceptors (Lipinski definition) is 8. The number of halogens is 3. The van der Waals surface area contributed by atoms with Crippen LogP contribution in [0.2, 0.25) is 0 Å². The summed E-state index contributed by atoms with van der Waals surface area (Å²) in [6.45, 7) is 4.70. The van der Waals surface area contributed by atoms with E-state index in [1.54, 1.807) is 13.8 Å². The van der Waals surface area contributed by atoms with Gasteiger partial charge >= 0.3 is 5.97 Å². The lowest BCUT2D eigenvalue weighted by atomic mass is 9.95. The van der Waals surface area contributed by atoms with E-state index in [9.17, 15) is 19.5 Å². The molecule has 5 atom stereocenters. The molecule has 0 aromatic heterocycles. The van der Waals surface area contributed by atoms with E-state index in [0.29, 0.717) is 0 Å². The highest BCUT2D eigenvalue weighted by Crippen LogP contribution is 2.34. The third kappa shape index (κ3) is 6.16. The second-order valence-electron chi connectivity index (χ2n) is 7.01. The van der Waals surface area contributed by atoms with Gasteiger partial charge in [-0.2, -0.15) is 0 Å². The van der Waals surface area contributed by atoms with Crippen LogP contribution < -0.4 is 5.32 Å². The third-order valence-electron chi connectivity index (χ3n) is 4.18. The van der Waals surface area contributed by atoms with E-state index in [4.69, 9.17) is 53.8 Å². The summed E-state index contributed by atoms with van der Waals surface area (Å²) in [7, 11) is 0. The predicted octanol–water partition coefficient (Wildman–Crippen LogP) is 0.991. The van der Waals surface area contributed by atoms with Gasteiger partial charge in [-0.15, -0.1) is 0 Å². The average Bonchev–Trinajstić information content (AvgIpc) is 2.55. The summed E-state index contributed by atoms with van der Waals surface area (Å²) in [5, 5.41) is 12.6. The smallest absolute Gasteiger partial charge is 0.306 e. The van der Waals surface area contributed by atoms with Crippen molar-refractivity contribution in [2.24, 2.45) is 0 Å². The molecule has 9 nitrogen and oxygen atoms in total. The van der Waals surface area contributed by atoms with Gasteiger partial charge in [0.2, 0.25) is 0 Å². The van der Waals surface area contributed by atoms with Crippen molar-refractivity contribution in [2.45, 2.75) is 73.8 Å². The summed E-state index contributed by atoms with van der Waals surface area (Å²) < 4.78 is 19.9. The molecule has 0 spiro atoms. The lowest BCUT2D eigenvalue weighted by Gasteiger charge is -2.49. The molecule has 12 heteroatoms. The topological polar surface area (TPSA) is 120 Å². The van der Waals surface area contributed by atoms with E-state index in [1.165, 1.54) is 6.92 Å². The van der Waals surface area contributed by atoms with E-state index in [0.717, 1.165) is 0 Å². The van der Waals surface area contributed by atoms with Gasteiger partial charge in [0.1, 0.15) is 24.0 Å². The van der Waals surface area contributed by atoms with Crippen LogP contribution in [0.3, 0.4) is 0 Å². The maximum absolute atomic E-state index is 12.2. The van der Waals surface area contributed by atoms with Gasteiger partial charge in [-0.05, 0) is 20.8 Å². The number of rotatable bonds is 5. The number of Topliss-reactive ketones (excluding diaryl/α,β-unsaturated/α-hetero) is 1. The fourth-order valence-corrected chi connectivity index (χ4v) is 3.02. The normalized spacial score (nSPS) is 32.2. The van der Waals surface area contributed by atoms with Gasteiger partial charge < -0.3 is 34.2 Å². The first-order valence-corrected chi connectivity index (χ1v) is 9.65. The number of carbonyl (C=O) groups is 3. The molecule has 0 radical (unpaired) electrons. The molecule has 0 aliphatic carbocycles. The fraction of sp³-hybridized carbons (Fsp3) is 0.812. The van der Waals surface area contributed by atoms with Crippen molar-refractivity contribution in [1.82, 2.24) is 5.32 Å². The molecule has 2 N–H and O–H groups in total. The molecular formula is C16H22Cl3NO8. The third-order valence-corrected chi connectivity index (χ3v) is 4.70. The molecule has 2 saturated heterocycles. The molecule has 2 rings (SSSR count). The molecule has 2 aliphatic heterocycles. The van der Waals surface area contributed by atoms with Crippen molar-refractivity contribution < 1.29 is 38.4 Å². The van der Waals surface area contributed by atoms with E-state index in [-0.39, 0.29) is 25.2 Å². The SMILES string of the molecule is CC(=O)CCC(=O)O[C@@H]1[C@@H](NC(=O)C(Cl)(Cl)Cl)[C@H](O)O[C@@H]2COC(C)(C)O[C@@H]12. The van der Waals surface area contributed by atoms with Crippen molar-refractivity contribution in [3.8, 4) is 0 Å². The maximum atomic E-state index is 12.2. The largest absolute Gasteiger partial charge is 0.457 e. The molecule has 2 fully saturated rings. The van der Waals surface area contributed by atoms with Crippen molar-refractivity contribution >= 4 is 52.5 Å². The van der Waals surface area contributed by atoms with E-state index in [2.05, 4.69) is 5.32 Å². The summed E-state index contributed by atoms with van der Waals surface area (Å²) in [6, 6.07) is -1.28. The van der Waals surface area contributed by atoms with Gasteiger partial charge in [0.25, 0.3) is 9.70 Å². The number of ketones is 1. The van der Waals surface area contributed by atoms with Gasteiger partial charge in [0.15, 0.2) is 18.2 Å². The van der Waals surface area contributed by atoms with Crippen LogP contribution in [-0.2, 0) is 33.3 Å². The Morgan fingerprint density at radius 3 is 2.46 bits per heavy atom. The van der Waals surface area contributed by atoms with Gasteiger partial charge in [-0.25, -0.2) is 0 Å². The van der Waals surface area contributed by atoms with Gasteiger partial charge in [-0.1, -0.05) is 34.8 Å². The zero-order chi connectivity index (χ0) is 21.3. The zero-order valence-corrected chi connectivity index (χ0v) is 17.7. The van der Waals surface area contributed by atoms with E-state index < -0.39 is 52.1 Å². The quantitative estimate of drug-likeness (QED) is 0.458. The Morgan fingerprint density at radius 2 is 1.89 bits per heavy atom. The van der Waals surface area contributed by atoms with Crippen molar-refractivity contribution in [3.63, 3.8) is 0 Å². The highest BCUT2D eigenvalue weighted by atomic mass is 35.6. The minimum Gasteiger partial charge on any atom is -0.457 e. The number of alkyl halides is 3. The Morgan fingerprint density at radius 1 is 1.25 bits per heavy atom. The number of ether oxygens (including phenoxy) is 4.